The number of ether oxygens (including phenoxy) is 3. The highest BCUT2D eigenvalue weighted by atomic mass is 16.7. The molecule has 1 aliphatic rings. The average molecular weight is 273 g/mol. The summed E-state index contributed by atoms with van der Waals surface area (Å²) in [6, 6.07) is 0. The molecule has 19 heavy (non-hydrogen) atoms. The lowest BCUT2D eigenvalue weighted by molar-refractivity contribution is -0.300. The molecule has 0 unspecified atom stereocenters. The van der Waals surface area contributed by atoms with Crippen molar-refractivity contribution < 1.29 is 19.0 Å². The van der Waals surface area contributed by atoms with E-state index in [1.807, 2.05) is 34.6 Å². The van der Waals surface area contributed by atoms with Crippen LogP contribution in [0.3, 0.4) is 0 Å². The maximum absolute atomic E-state index is 11.8. The van der Waals surface area contributed by atoms with Gasteiger partial charge in [0.2, 0.25) is 0 Å². The Hall–Kier alpha value is -0.650. The Bertz CT molecular complexity index is 309. The van der Waals surface area contributed by atoms with Crippen LogP contribution >= 0.6 is 0 Å². The van der Waals surface area contributed by atoms with Gasteiger partial charge in [0.25, 0.3) is 0 Å². The van der Waals surface area contributed by atoms with Crippen molar-refractivity contribution in [1.29, 1.82) is 0 Å². The van der Waals surface area contributed by atoms with Crippen molar-refractivity contribution in [1.82, 2.24) is 0 Å². The summed E-state index contributed by atoms with van der Waals surface area (Å²) >= 11 is 0. The van der Waals surface area contributed by atoms with Crippen molar-refractivity contribution in [2.24, 2.45) is 5.73 Å². The smallest absolute Gasteiger partial charge is 0.308 e. The van der Waals surface area contributed by atoms with Crippen molar-refractivity contribution in [2.75, 3.05) is 6.54 Å². The van der Waals surface area contributed by atoms with Crippen LogP contribution in [0.5, 0.6) is 0 Å². The van der Waals surface area contributed by atoms with E-state index < -0.39 is 11.4 Å². The Morgan fingerprint density at radius 3 is 2.42 bits per heavy atom. The fraction of sp³-hybridized carbons (Fsp3) is 0.929. The Labute approximate surface area is 115 Å². The first-order chi connectivity index (χ1) is 8.61. The van der Waals surface area contributed by atoms with Crippen molar-refractivity contribution in [3.05, 3.63) is 0 Å². The van der Waals surface area contributed by atoms with Gasteiger partial charge in [0, 0.05) is 6.42 Å². The SMILES string of the molecule is CC(C)(C)OC(=O)C[C@@H]1C[C@H](CCN)OC(C)(C)O1. The summed E-state index contributed by atoms with van der Waals surface area (Å²) in [5.41, 5.74) is 5.10. The van der Waals surface area contributed by atoms with Crippen molar-refractivity contribution >= 4 is 5.97 Å². The number of nitrogens with two attached hydrogens (primary N) is 1. The van der Waals surface area contributed by atoms with Crippen LogP contribution in [0.25, 0.3) is 0 Å². The second kappa shape index (κ2) is 6.20. The predicted octanol–water partition coefficient (Wildman–Crippen LogP) is 1.98. The van der Waals surface area contributed by atoms with E-state index in [0.29, 0.717) is 13.0 Å². The van der Waals surface area contributed by atoms with E-state index >= 15 is 0 Å². The molecule has 1 aliphatic heterocycles. The van der Waals surface area contributed by atoms with Gasteiger partial charge in [-0.15, -0.1) is 0 Å². The molecular weight excluding hydrogens is 246 g/mol. The third-order valence-electron chi connectivity index (χ3n) is 2.73. The Morgan fingerprint density at radius 1 is 1.32 bits per heavy atom. The maximum Gasteiger partial charge on any atom is 0.308 e. The molecule has 1 heterocycles. The van der Waals surface area contributed by atoms with Crippen LogP contribution in [0.1, 0.15) is 53.9 Å². The lowest BCUT2D eigenvalue weighted by Gasteiger charge is -2.40. The highest BCUT2D eigenvalue weighted by Crippen LogP contribution is 2.30. The molecule has 2 atom stereocenters. The minimum atomic E-state index is -0.676. The molecule has 0 saturated carbocycles. The Kier molecular flexibility index (Phi) is 5.35. The second-order valence-corrected chi connectivity index (χ2v) is 6.48. The van der Waals surface area contributed by atoms with E-state index in [1.165, 1.54) is 0 Å². The molecule has 0 aromatic carbocycles. The average Bonchev–Trinajstić information content (AvgIpc) is 2.10. The van der Waals surface area contributed by atoms with Gasteiger partial charge in [-0.1, -0.05) is 0 Å². The van der Waals surface area contributed by atoms with Crippen molar-refractivity contribution in [3.63, 3.8) is 0 Å². The molecule has 1 fully saturated rings. The third kappa shape index (κ3) is 6.36. The Morgan fingerprint density at radius 2 is 1.89 bits per heavy atom. The number of hydrogen-bond acceptors (Lipinski definition) is 5. The van der Waals surface area contributed by atoms with Gasteiger partial charge in [-0.2, -0.15) is 0 Å². The van der Waals surface area contributed by atoms with Crippen molar-refractivity contribution in [3.8, 4) is 0 Å². The fourth-order valence-corrected chi connectivity index (χ4v) is 2.28. The molecule has 2 N–H and O–H groups in total. The van der Waals surface area contributed by atoms with Gasteiger partial charge in [-0.25, -0.2) is 0 Å². The number of rotatable bonds is 4. The van der Waals surface area contributed by atoms with E-state index in [9.17, 15) is 4.79 Å². The van der Waals surface area contributed by atoms with E-state index in [2.05, 4.69) is 0 Å². The Balaban J connectivity index is 2.54. The molecule has 0 amide bonds. The van der Waals surface area contributed by atoms with Crippen LogP contribution in [0, 0.1) is 0 Å². The summed E-state index contributed by atoms with van der Waals surface area (Å²) in [6.07, 6.45) is 1.58. The van der Waals surface area contributed by atoms with Gasteiger partial charge in [-0.05, 0) is 47.6 Å². The summed E-state index contributed by atoms with van der Waals surface area (Å²) in [6.45, 7) is 9.86. The molecule has 5 heteroatoms. The van der Waals surface area contributed by atoms with Gasteiger partial charge in [0.05, 0.1) is 18.6 Å². The lowest BCUT2D eigenvalue weighted by atomic mass is 10.0. The predicted molar refractivity (Wildman–Crippen MR) is 72.6 cm³/mol. The largest absolute Gasteiger partial charge is 0.460 e. The summed E-state index contributed by atoms with van der Waals surface area (Å²) in [7, 11) is 0. The number of carbonyl (C=O) groups is 1. The minimum Gasteiger partial charge on any atom is -0.460 e. The molecule has 0 aromatic rings. The molecule has 5 nitrogen and oxygen atoms in total. The normalized spacial score (nSPS) is 27.1. The zero-order valence-electron chi connectivity index (χ0n) is 12.7. The van der Waals surface area contributed by atoms with Gasteiger partial charge >= 0.3 is 5.97 Å². The molecule has 0 spiro atoms. The van der Waals surface area contributed by atoms with Gasteiger partial charge in [-0.3, -0.25) is 4.79 Å². The van der Waals surface area contributed by atoms with Crippen LogP contribution in [0.15, 0.2) is 0 Å². The first-order valence-corrected chi connectivity index (χ1v) is 6.89. The van der Waals surface area contributed by atoms with E-state index in [-0.39, 0.29) is 24.6 Å². The van der Waals surface area contributed by atoms with Crippen LogP contribution in [-0.2, 0) is 19.0 Å². The monoisotopic (exact) mass is 273 g/mol. The second-order valence-electron chi connectivity index (χ2n) is 6.48. The third-order valence-corrected chi connectivity index (χ3v) is 2.73. The molecule has 0 radical (unpaired) electrons. The summed E-state index contributed by atoms with van der Waals surface area (Å²) in [5.74, 6) is -0.910. The number of esters is 1. The maximum atomic E-state index is 11.8. The first kappa shape index (κ1) is 16.4. The zero-order valence-corrected chi connectivity index (χ0v) is 12.7. The lowest BCUT2D eigenvalue weighted by Crippen LogP contribution is -2.46. The molecule has 1 rings (SSSR count). The number of carbonyl (C=O) groups excluding carboxylic acids is 1. The van der Waals surface area contributed by atoms with E-state index in [1.54, 1.807) is 0 Å². The topological polar surface area (TPSA) is 70.8 Å². The van der Waals surface area contributed by atoms with E-state index in [0.717, 1.165) is 6.42 Å². The highest BCUT2D eigenvalue weighted by molar-refractivity contribution is 5.70. The van der Waals surface area contributed by atoms with Crippen LogP contribution in [-0.4, -0.2) is 36.1 Å². The molecule has 1 saturated heterocycles. The molecular formula is C14H27NO4. The molecule has 0 bridgehead atoms. The zero-order chi connectivity index (χ0) is 14.7. The highest BCUT2D eigenvalue weighted by Gasteiger charge is 2.36. The van der Waals surface area contributed by atoms with Gasteiger partial charge < -0.3 is 19.9 Å². The summed E-state index contributed by atoms with van der Waals surface area (Å²) in [5, 5.41) is 0. The summed E-state index contributed by atoms with van der Waals surface area (Å²) < 4.78 is 16.9. The standard InChI is InChI=1S/C14H27NO4/c1-13(2,3)19-12(16)9-11-8-10(6-7-15)17-14(4,5)18-11/h10-11H,6-9,15H2,1-5H3/t10-,11-/m0/s1. The van der Waals surface area contributed by atoms with Crippen LogP contribution in [0.2, 0.25) is 0 Å². The quantitative estimate of drug-likeness (QED) is 0.793. The van der Waals surface area contributed by atoms with E-state index in [4.69, 9.17) is 19.9 Å². The minimum absolute atomic E-state index is 0.0428. The van der Waals surface area contributed by atoms with Crippen LogP contribution in [0.4, 0.5) is 0 Å². The first-order valence-electron chi connectivity index (χ1n) is 6.89. The van der Waals surface area contributed by atoms with Gasteiger partial charge in [0.1, 0.15) is 5.60 Å². The molecule has 0 aromatic heterocycles. The van der Waals surface area contributed by atoms with Gasteiger partial charge in [0.15, 0.2) is 5.79 Å². The number of hydrogen-bond donors (Lipinski definition) is 1. The molecule has 0 aliphatic carbocycles. The fourth-order valence-electron chi connectivity index (χ4n) is 2.28. The van der Waals surface area contributed by atoms with Crippen molar-refractivity contribution in [2.45, 2.75) is 77.5 Å². The molecule has 112 valence electrons. The summed E-state index contributed by atoms with van der Waals surface area (Å²) in [4.78, 5) is 11.8. The van der Waals surface area contributed by atoms with Crippen LogP contribution < -0.4 is 5.73 Å².